The second kappa shape index (κ2) is 8.56. The fourth-order valence-electron chi connectivity index (χ4n) is 4.74. The molecular formula is C27H26F2N6O2. The van der Waals surface area contributed by atoms with Crippen molar-refractivity contribution in [2.24, 2.45) is 0 Å². The molecule has 190 valence electrons. The van der Waals surface area contributed by atoms with Crippen LogP contribution in [0.3, 0.4) is 0 Å². The average Bonchev–Trinajstić information content (AvgIpc) is 3.16. The van der Waals surface area contributed by atoms with E-state index in [1.165, 1.54) is 6.07 Å². The average molecular weight is 505 g/mol. The second-order valence-electron chi connectivity index (χ2n) is 10.3. The van der Waals surface area contributed by atoms with Crippen LogP contribution < -0.4 is 5.32 Å². The monoisotopic (exact) mass is 504 g/mol. The number of nitrogens with one attached hydrogen (secondary N) is 2. The summed E-state index contributed by atoms with van der Waals surface area (Å²) in [5, 5.41) is 17.9. The number of rotatable bonds is 5. The van der Waals surface area contributed by atoms with Crippen molar-refractivity contribution in [3.63, 3.8) is 0 Å². The Morgan fingerprint density at radius 1 is 1.32 bits per heavy atom. The number of H-pyrrole nitrogens is 1. The molecule has 1 unspecified atom stereocenters. The Hall–Kier alpha value is -3.97. The van der Waals surface area contributed by atoms with Gasteiger partial charge in [0.1, 0.15) is 29.3 Å². The molecule has 3 aromatic heterocycles. The third-order valence-corrected chi connectivity index (χ3v) is 6.64. The topological polar surface area (TPSA) is 101 Å². The van der Waals surface area contributed by atoms with Gasteiger partial charge in [0.15, 0.2) is 5.69 Å². The molecule has 1 saturated carbocycles. The van der Waals surface area contributed by atoms with Gasteiger partial charge in [0.05, 0.1) is 24.6 Å². The Labute approximate surface area is 211 Å². The number of imidazole rings is 1. The van der Waals surface area contributed by atoms with E-state index in [1.54, 1.807) is 53.7 Å². The number of hydrogen-bond acceptors (Lipinski definition) is 4. The molecule has 8 nitrogen and oxygen atoms in total. The highest BCUT2D eigenvalue weighted by atomic mass is 19.1. The Morgan fingerprint density at radius 3 is 2.86 bits per heavy atom. The molecule has 1 aromatic carbocycles. The van der Waals surface area contributed by atoms with E-state index in [-0.39, 0.29) is 30.5 Å². The molecule has 4 heterocycles. The molecular weight excluding hydrogens is 478 g/mol. The number of alkyl halides is 1. The number of amides is 1. The van der Waals surface area contributed by atoms with E-state index in [2.05, 4.69) is 32.2 Å². The van der Waals surface area contributed by atoms with Crippen LogP contribution in [0.5, 0.6) is 0 Å². The van der Waals surface area contributed by atoms with Gasteiger partial charge in [-0.15, -0.1) is 0 Å². The van der Waals surface area contributed by atoms with Crippen LogP contribution in [-0.2, 0) is 13.0 Å². The molecule has 1 fully saturated rings. The molecule has 37 heavy (non-hydrogen) atoms. The smallest absolute Gasteiger partial charge is 0.272 e. The van der Waals surface area contributed by atoms with Gasteiger partial charge in [0.2, 0.25) is 0 Å². The van der Waals surface area contributed by atoms with Gasteiger partial charge >= 0.3 is 0 Å². The number of nitrogens with zero attached hydrogens (tertiary/aromatic N) is 4. The quantitative estimate of drug-likeness (QED) is 0.362. The number of carbonyl (C=O) groups is 1. The Balaban J connectivity index is 1.38. The number of carbonyl (C=O) groups excluding carboxylic acids is 1. The fourth-order valence-corrected chi connectivity index (χ4v) is 4.74. The van der Waals surface area contributed by atoms with Crippen molar-refractivity contribution in [3.05, 3.63) is 70.9 Å². The van der Waals surface area contributed by atoms with Gasteiger partial charge in [0, 0.05) is 34.8 Å². The summed E-state index contributed by atoms with van der Waals surface area (Å²) < 4.78 is 32.1. The molecule has 4 aromatic rings. The number of benzene rings is 1. The third-order valence-electron chi connectivity index (χ3n) is 6.64. The first-order valence-corrected chi connectivity index (χ1v) is 12.3. The second-order valence-corrected chi connectivity index (χ2v) is 10.3. The first-order chi connectivity index (χ1) is 17.7. The lowest BCUT2D eigenvalue weighted by molar-refractivity contribution is 0.0935. The summed E-state index contributed by atoms with van der Waals surface area (Å²) in [6, 6.07) is 7.36. The van der Waals surface area contributed by atoms with E-state index in [9.17, 15) is 18.7 Å². The molecule has 2 atom stereocenters. The molecule has 1 aliphatic heterocycles. The highest BCUT2D eigenvalue weighted by Gasteiger charge is 2.33. The van der Waals surface area contributed by atoms with E-state index in [0.29, 0.717) is 33.7 Å². The van der Waals surface area contributed by atoms with Crippen molar-refractivity contribution in [2.45, 2.75) is 63.5 Å². The maximum atomic E-state index is 14.5. The maximum Gasteiger partial charge on any atom is 0.272 e. The zero-order chi connectivity index (χ0) is 25.9. The van der Waals surface area contributed by atoms with Crippen molar-refractivity contribution in [2.75, 3.05) is 0 Å². The van der Waals surface area contributed by atoms with Gasteiger partial charge in [-0.05, 0) is 50.8 Å². The van der Waals surface area contributed by atoms with E-state index in [4.69, 9.17) is 0 Å². The van der Waals surface area contributed by atoms with Gasteiger partial charge in [-0.25, -0.2) is 13.8 Å². The lowest BCUT2D eigenvalue weighted by Gasteiger charge is -2.17. The Kier molecular flexibility index (Phi) is 5.42. The zero-order valence-electron chi connectivity index (χ0n) is 20.4. The minimum absolute atomic E-state index is 0.165. The SMILES string of the molecule is CC(C)(O)C#Cc1cc(C(=O)NC(c2cc3c(F)cccc3[nH]2)c2ncn3c2C[C@@H](F)C3)nn1C1CC1. The Bertz CT molecular complexity index is 1580. The number of hydrogen-bond donors (Lipinski definition) is 3. The van der Waals surface area contributed by atoms with E-state index >= 15 is 0 Å². The number of aromatic nitrogens is 5. The van der Waals surface area contributed by atoms with Gasteiger partial charge in [0.25, 0.3) is 5.91 Å². The number of aromatic amines is 1. The largest absolute Gasteiger partial charge is 0.378 e. The predicted molar refractivity (Wildman–Crippen MR) is 132 cm³/mol. The number of aliphatic hydroxyl groups is 1. The van der Waals surface area contributed by atoms with Gasteiger partial charge in [-0.1, -0.05) is 12.0 Å². The van der Waals surface area contributed by atoms with Crippen LogP contribution in [0, 0.1) is 17.7 Å². The van der Waals surface area contributed by atoms with E-state index in [0.717, 1.165) is 12.8 Å². The summed E-state index contributed by atoms with van der Waals surface area (Å²) in [6.07, 6.45) is 2.60. The molecule has 2 aliphatic rings. The summed E-state index contributed by atoms with van der Waals surface area (Å²) >= 11 is 0. The van der Waals surface area contributed by atoms with Crippen LogP contribution in [0.15, 0.2) is 36.7 Å². The molecule has 10 heteroatoms. The molecule has 3 N–H and O–H groups in total. The van der Waals surface area contributed by atoms with Crippen molar-refractivity contribution in [1.82, 2.24) is 29.6 Å². The van der Waals surface area contributed by atoms with E-state index < -0.39 is 23.7 Å². The van der Waals surface area contributed by atoms with Gasteiger partial charge in [-0.2, -0.15) is 5.10 Å². The summed E-state index contributed by atoms with van der Waals surface area (Å²) in [5.74, 6) is 4.87. The van der Waals surface area contributed by atoms with Crippen LogP contribution in [0.1, 0.15) is 72.0 Å². The van der Waals surface area contributed by atoms with Crippen molar-refractivity contribution < 1.29 is 18.7 Å². The number of fused-ring (bicyclic) bond motifs is 2. The van der Waals surface area contributed by atoms with Crippen LogP contribution in [0.4, 0.5) is 8.78 Å². The molecule has 0 spiro atoms. The van der Waals surface area contributed by atoms with Crippen LogP contribution in [0.2, 0.25) is 0 Å². The molecule has 0 saturated heterocycles. The maximum absolute atomic E-state index is 14.5. The van der Waals surface area contributed by atoms with Crippen LogP contribution in [0.25, 0.3) is 10.9 Å². The molecule has 1 aliphatic carbocycles. The summed E-state index contributed by atoms with van der Waals surface area (Å²) in [7, 11) is 0. The predicted octanol–water partition coefficient (Wildman–Crippen LogP) is 3.57. The third kappa shape index (κ3) is 4.51. The van der Waals surface area contributed by atoms with Crippen molar-refractivity contribution in [3.8, 4) is 11.8 Å². The minimum atomic E-state index is -1.19. The highest BCUT2D eigenvalue weighted by Crippen LogP contribution is 2.36. The first kappa shape index (κ1) is 23.4. The lowest BCUT2D eigenvalue weighted by atomic mass is 10.1. The van der Waals surface area contributed by atoms with E-state index in [1.807, 2.05) is 0 Å². The molecule has 0 radical (unpaired) electrons. The Morgan fingerprint density at radius 2 is 2.14 bits per heavy atom. The minimum Gasteiger partial charge on any atom is -0.378 e. The zero-order valence-corrected chi connectivity index (χ0v) is 20.4. The highest BCUT2D eigenvalue weighted by molar-refractivity contribution is 5.93. The van der Waals surface area contributed by atoms with Crippen molar-refractivity contribution in [1.29, 1.82) is 0 Å². The fraction of sp³-hybridized carbons (Fsp3) is 0.370. The van der Waals surface area contributed by atoms with Crippen LogP contribution >= 0.6 is 0 Å². The summed E-state index contributed by atoms with van der Waals surface area (Å²) in [6.45, 7) is 3.38. The summed E-state index contributed by atoms with van der Waals surface area (Å²) in [4.78, 5) is 21.2. The molecule has 0 bridgehead atoms. The van der Waals surface area contributed by atoms with Crippen molar-refractivity contribution >= 4 is 16.8 Å². The first-order valence-electron chi connectivity index (χ1n) is 12.3. The molecule has 1 amide bonds. The molecule has 6 rings (SSSR count). The summed E-state index contributed by atoms with van der Waals surface area (Å²) in [5.41, 5.74) is 1.82. The normalized spacial score (nSPS) is 17.9. The van der Waals surface area contributed by atoms with Crippen LogP contribution in [-0.4, -0.2) is 47.1 Å². The standard InChI is InChI=1S/C27H26F2N6O2/c1-27(2,37)9-8-17-11-22(33-35(17)16-6-7-16)26(36)32-24(25-23-10-15(28)13-34(23)14-30-25)21-12-18-19(29)4-3-5-20(18)31-21/h3-5,11-12,14-16,24,31,37H,6-7,10,13H2,1-2H3,(H,32,36)/t15-,24?/m1/s1. The van der Waals surface area contributed by atoms with Gasteiger partial charge in [-0.3, -0.25) is 9.48 Å². The van der Waals surface area contributed by atoms with Gasteiger partial charge < -0.3 is 20.0 Å². The lowest BCUT2D eigenvalue weighted by Crippen LogP contribution is -2.31. The number of halogens is 2.